The highest BCUT2D eigenvalue weighted by atomic mass is 32.2. The van der Waals surface area contributed by atoms with Crippen molar-refractivity contribution in [1.29, 1.82) is 0 Å². The van der Waals surface area contributed by atoms with Gasteiger partial charge in [-0.25, -0.2) is 18.1 Å². The number of sulfonamides is 1. The zero-order valence-corrected chi connectivity index (χ0v) is 12.2. The van der Waals surface area contributed by atoms with Crippen LogP contribution in [0.25, 0.3) is 0 Å². The van der Waals surface area contributed by atoms with Crippen LogP contribution in [0.15, 0.2) is 5.03 Å². The topological polar surface area (TPSA) is 64.0 Å². The summed E-state index contributed by atoms with van der Waals surface area (Å²) in [6.45, 7) is 3.01. The van der Waals surface area contributed by atoms with Gasteiger partial charge in [-0.15, -0.1) is 0 Å². The van der Waals surface area contributed by atoms with Gasteiger partial charge >= 0.3 is 0 Å². The summed E-state index contributed by atoms with van der Waals surface area (Å²) in [6, 6.07) is 0.139. The quantitative estimate of drug-likeness (QED) is 0.893. The molecular formula is C13H21N3O2S. The van der Waals surface area contributed by atoms with Gasteiger partial charge in [-0.05, 0) is 38.5 Å². The third-order valence-electron chi connectivity index (χ3n) is 3.79. The second-order valence-electron chi connectivity index (χ2n) is 5.53. The number of fused-ring (bicyclic) bond motifs is 1. The Morgan fingerprint density at radius 3 is 2.84 bits per heavy atom. The molecule has 1 aliphatic carbocycles. The first-order chi connectivity index (χ1) is 9.12. The number of imidazole rings is 1. The van der Waals surface area contributed by atoms with Gasteiger partial charge in [0.25, 0.3) is 10.0 Å². The third kappa shape index (κ3) is 2.56. The Kier molecular flexibility index (Phi) is 3.39. The minimum Gasteiger partial charge on any atom is -0.331 e. The molecule has 0 bridgehead atoms. The summed E-state index contributed by atoms with van der Waals surface area (Å²) >= 11 is 0. The average Bonchev–Trinajstić information content (AvgIpc) is 3.09. The Morgan fingerprint density at radius 1 is 1.37 bits per heavy atom. The van der Waals surface area contributed by atoms with E-state index in [1.807, 2.05) is 0 Å². The molecule has 0 aromatic carbocycles. The number of aryl methyl sites for hydroxylation is 1. The van der Waals surface area contributed by atoms with Crippen LogP contribution in [0.4, 0.5) is 0 Å². The lowest BCUT2D eigenvalue weighted by atomic mass is 10.1. The molecular weight excluding hydrogens is 262 g/mol. The van der Waals surface area contributed by atoms with E-state index in [9.17, 15) is 8.42 Å². The predicted octanol–water partition coefficient (Wildman–Crippen LogP) is 1.61. The van der Waals surface area contributed by atoms with E-state index in [0.717, 1.165) is 63.0 Å². The molecule has 0 spiro atoms. The molecule has 0 saturated heterocycles. The molecule has 0 unspecified atom stereocenters. The fourth-order valence-electron chi connectivity index (χ4n) is 2.69. The normalized spacial score (nSPS) is 19.4. The van der Waals surface area contributed by atoms with E-state index < -0.39 is 10.0 Å². The second kappa shape index (κ2) is 4.90. The van der Waals surface area contributed by atoms with Crippen molar-refractivity contribution in [1.82, 2.24) is 14.3 Å². The maximum atomic E-state index is 12.4. The molecule has 6 heteroatoms. The Hall–Kier alpha value is -0.880. The van der Waals surface area contributed by atoms with Gasteiger partial charge in [0.2, 0.25) is 0 Å². The molecule has 1 aromatic heterocycles. The van der Waals surface area contributed by atoms with E-state index in [-0.39, 0.29) is 6.04 Å². The molecule has 1 N–H and O–H groups in total. The monoisotopic (exact) mass is 283 g/mol. The number of hydrogen-bond donors (Lipinski definition) is 1. The summed E-state index contributed by atoms with van der Waals surface area (Å²) in [5.74, 6) is 0.938. The molecule has 19 heavy (non-hydrogen) atoms. The highest BCUT2D eigenvalue weighted by molar-refractivity contribution is 7.89. The van der Waals surface area contributed by atoms with Crippen molar-refractivity contribution >= 4 is 10.0 Å². The highest BCUT2D eigenvalue weighted by Gasteiger charge is 2.33. The number of aromatic nitrogens is 2. The Bertz CT molecular complexity index is 573. The minimum absolute atomic E-state index is 0.139. The van der Waals surface area contributed by atoms with Crippen molar-refractivity contribution in [3.8, 4) is 0 Å². The molecule has 1 fully saturated rings. The van der Waals surface area contributed by atoms with Crippen molar-refractivity contribution < 1.29 is 8.42 Å². The van der Waals surface area contributed by atoms with Crippen molar-refractivity contribution in [2.24, 2.45) is 0 Å². The maximum absolute atomic E-state index is 12.4. The Balaban J connectivity index is 2.00. The van der Waals surface area contributed by atoms with E-state index in [2.05, 4.69) is 21.2 Å². The van der Waals surface area contributed by atoms with Crippen molar-refractivity contribution in [2.75, 3.05) is 0 Å². The first-order valence-electron chi connectivity index (χ1n) is 7.22. The molecule has 1 aliphatic heterocycles. The van der Waals surface area contributed by atoms with Gasteiger partial charge in [0.1, 0.15) is 5.82 Å². The van der Waals surface area contributed by atoms with E-state index >= 15 is 0 Å². The number of rotatable bonds is 5. The van der Waals surface area contributed by atoms with E-state index in [1.165, 1.54) is 0 Å². The summed E-state index contributed by atoms with van der Waals surface area (Å²) in [4.78, 5) is 4.45. The molecule has 106 valence electrons. The van der Waals surface area contributed by atoms with Crippen LogP contribution in [0.3, 0.4) is 0 Å². The fourth-order valence-corrected chi connectivity index (χ4v) is 4.22. The summed E-state index contributed by atoms with van der Waals surface area (Å²) in [6.07, 6.45) is 6.77. The molecule has 1 saturated carbocycles. The summed E-state index contributed by atoms with van der Waals surface area (Å²) in [5.41, 5.74) is 0.919. The van der Waals surface area contributed by atoms with Crippen LogP contribution in [0.1, 0.15) is 50.5 Å². The zero-order chi connectivity index (χ0) is 13.5. The van der Waals surface area contributed by atoms with E-state index in [0.29, 0.717) is 5.03 Å². The van der Waals surface area contributed by atoms with Crippen LogP contribution in [0.5, 0.6) is 0 Å². The van der Waals surface area contributed by atoms with Gasteiger partial charge in [-0.1, -0.05) is 6.92 Å². The van der Waals surface area contributed by atoms with Gasteiger partial charge in [0, 0.05) is 19.0 Å². The van der Waals surface area contributed by atoms with Crippen LogP contribution in [-0.4, -0.2) is 24.0 Å². The van der Waals surface area contributed by atoms with Crippen molar-refractivity contribution in [3.63, 3.8) is 0 Å². The molecule has 0 atom stereocenters. The lowest BCUT2D eigenvalue weighted by molar-refractivity contribution is 0.506. The third-order valence-corrected chi connectivity index (χ3v) is 5.27. The molecule has 0 amide bonds. The second-order valence-corrected chi connectivity index (χ2v) is 7.16. The fraction of sp³-hybridized carbons (Fsp3) is 0.769. The smallest absolute Gasteiger partial charge is 0.260 e. The average molecular weight is 283 g/mol. The zero-order valence-electron chi connectivity index (χ0n) is 11.4. The van der Waals surface area contributed by atoms with Gasteiger partial charge in [-0.2, -0.15) is 0 Å². The standard InChI is InChI=1S/C13H21N3O2S/c1-2-5-12-14-13(11-6-3-4-9-16(11)12)19(17,18)15-10-7-8-10/h10,15H,2-9H2,1H3. The predicted molar refractivity (Wildman–Crippen MR) is 72.5 cm³/mol. The van der Waals surface area contributed by atoms with Crippen LogP contribution in [0.2, 0.25) is 0 Å². The summed E-state index contributed by atoms with van der Waals surface area (Å²) in [7, 11) is -3.42. The van der Waals surface area contributed by atoms with Gasteiger partial charge in [0.05, 0.1) is 5.69 Å². The molecule has 5 nitrogen and oxygen atoms in total. The lowest BCUT2D eigenvalue weighted by Crippen LogP contribution is -2.27. The maximum Gasteiger partial charge on any atom is 0.260 e. The van der Waals surface area contributed by atoms with Gasteiger partial charge in [-0.3, -0.25) is 0 Å². The van der Waals surface area contributed by atoms with E-state index in [1.54, 1.807) is 0 Å². The number of nitrogens with one attached hydrogen (secondary N) is 1. The van der Waals surface area contributed by atoms with Crippen LogP contribution >= 0.6 is 0 Å². The van der Waals surface area contributed by atoms with Crippen molar-refractivity contribution in [2.45, 2.75) is 69.5 Å². The number of hydrogen-bond acceptors (Lipinski definition) is 3. The van der Waals surface area contributed by atoms with Crippen LogP contribution in [0, 0.1) is 0 Å². The molecule has 3 rings (SSSR count). The van der Waals surface area contributed by atoms with Gasteiger partial charge < -0.3 is 4.57 Å². The van der Waals surface area contributed by atoms with Crippen molar-refractivity contribution in [3.05, 3.63) is 11.5 Å². The van der Waals surface area contributed by atoms with Crippen LogP contribution in [-0.2, 0) is 29.4 Å². The Morgan fingerprint density at radius 2 is 2.16 bits per heavy atom. The lowest BCUT2D eigenvalue weighted by Gasteiger charge is -2.17. The first kappa shape index (κ1) is 13.1. The Labute approximate surface area is 114 Å². The molecule has 1 aromatic rings. The molecule has 2 aliphatic rings. The highest BCUT2D eigenvalue weighted by Crippen LogP contribution is 2.27. The summed E-state index contributed by atoms with van der Waals surface area (Å²) in [5, 5.41) is 0.294. The molecule has 2 heterocycles. The minimum atomic E-state index is -3.42. The van der Waals surface area contributed by atoms with Crippen LogP contribution < -0.4 is 4.72 Å². The number of nitrogens with zero attached hydrogens (tertiary/aromatic N) is 2. The van der Waals surface area contributed by atoms with E-state index in [4.69, 9.17) is 0 Å². The molecule has 0 radical (unpaired) electrons. The van der Waals surface area contributed by atoms with Gasteiger partial charge in [0.15, 0.2) is 5.03 Å². The largest absolute Gasteiger partial charge is 0.331 e. The first-order valence-corrected chi connectivity index (χ1v) is 8.70. The SMILES string of the molecule is CCCc1nc(S(=O)(=O)NC2CC2)c2n1CCCC2. The summed E-state index contributed by atoms with van der Waals surface area (Å²) < 4.78 is 29.7.